The van der Waals surface area contributed by atoms with Crippen molar-refractivity contribution in [3.63, 3.8) is 0 Å². The third kappa shape index (κ3) is 2.29. The van der Waals surface area contributed by atoms with Crippen LogP contribution in [-0.2, 0) is 0 Å². The fraction of sp³-hybridized carbons (Fsp3) is 0.250. The third-order valence-corrected chi connectivity index (χ3v) is 2.93. The van der Waals surface area contributed by atoms with Crippen LogP contribution >= 0.6 is 15.9 Å². The minimum atomic E-state index is 0.186. The van der Waals surface area contributed by atoms with Gasteiger partial charge < -0.3 is 4.98 Å². The average Bonchev–Trinajstić information content (AvgIpc) is 2.69. The van der Waals surface area contributed by atoms with Gasteiger partial charge in [0, 0.05) is 22.7 Å². The van der Waals surface area contributed by atoms with Gasteiger partial charge in [0.25, 0.3) is 0 Å². The summed E-state index contributed by atoms with van der Waals surface area (Å²) in [5.41, 5.74) is 1.75. The normalized spacial score (nSPS) is 10.7. The molecular weight excluding hydrogens is 254 g/mol. The summed E-state index contributed by atoms with van der Waals surface area (Å²) in [5.74, 6) is 0.186. The van der Waals surface area contributed by atoms with Crippen molar-refractivity contribution < 1.29 is 4.79 Å². The molecule has 0 aliphatic heterocycles. The first-order valence-corrected chi connectivity index (χ1v) is 6.10. The lowest BCUT2D eigenvalue weighted by molar-refractivity contribution is 0.0978. The highest BCUT2D eigenvalue weighted by atomic mass is 79.9. The second-order valence-corrected chi connectivity index (χ2v) is 4.28. The number of fused-ring (bicyclic) bond motifs is 1. The second kappa shape index (κ2) is 4.62. The van der Waals surface area contributed by atoms with E-state index >= 15 is 0 Å². The zero-order valence-electron chi connectivity index (χ0n) is 8.29. The number of carbonyl (C=O) groups is 1. The van der Waals surface area contributed by atoms with Crippen LogP contribution in [-0.4, -0.2) is 16.1 Å². The van der Waals surface area contributed by atoms with Crippen LogP contribution in [0.15, 0.2) is 30.3 Å². The van der Waals surface area contributed by atoms with Gasteiger partial charge in [-0.25, -0.2) is 0 Å². The molecule has 2 aromatic rings. The van der Waals surface area contributed by atoms with Crippen molar-refractivity contribution in [1.82, 2.24) is 4.98 Å². The molecule has 0 atom stereocenters. The molecule has 0 unspecified atom stereocenters. The SMILES string of the molecule is O=C(CCCBr)c1cc2ccccc2[nH]1. The molecule has 2 nitrogen and oxygen atoms in total. The molecule has 1 heterocycles. The van der Waals surface area contributed by atoms with Crippen LogP contribution in [0.4, 0.5) is 0 Å². The predicted octanol–water partition coefficient (Wildman–Crippen LogP) is 3.53. The zero-order valence-corrected chi connectivity index (χ0v) is 9.88. The van der Waals surface area contributed by atoms with Gasteiger partial charge in [-0.1, -0.05) is 34.1 Å². The van der Waals surface area contributed by atoms with Crippen LogP contribution in [0.1, 0.15) is 23.3 Å². The van der Waals surface area contributed by atoms with Crippen LogP contribution in [0, 0.1) is 0 Å². The van der Waals surface area contributed by atoms with Crippen LogP contribution in [0.2, 0.25) is 0 Å². The van der Waals surface area contributed by atoms with E-state index < -0.39 is 0 Å². The van der Waals surface area contributed by atoms with Crippen molar-refractivity contribution in [3.05, 3.63) is 36.0 Å². The van der Waals surface area contributed by atoms with Gasteiger partial charge in [0.05, 0.1) is 5.69 Å². The molecule has 78 valence electrons. The van der Waals surface area contributed by atoms with Crippen molar-refractivity contribution in [2.24, 2.45) is 0 Å². The van der Waals surface area contributed by atoms with Gasteiger partial charge in [0.1, 0.15) is 0 Å². The molecule has 0 aliphatic carbocycles. The van der Waals surface area contributed by atoms with Crippen molar-refractivity contribution in [3.8, 4) is 0 Å². The summed E-state index contributed by atoms with van der Waals surface area (Å²) in [6.45, 7) is 0. The number of Topliss-reactive ketones (excluding diaryl/α,β-unsaturated/α-hetero) is 1. The third-order valence-electron chi connectivity index (χ3n) is 2.37. The molecule has 1 N–H and O–H groups in total. The highest BCUT2D eigenvalue weighted by Gasteiger charge is 2.08. The summed E-state index contributed by atoms with van der Waals surface area (Å²) in [6, 6.07) is 9.85. The number of alkyl halides is 1. The number of aromatic amines is 1. The Hall–Kier alpha value is -1.09. The molecule has 0 radical (unpaired) electrons. The lowest BCUT2D eigenvalue weighted by Crippen LogP contribution is -1.99. The van der Waals surface area contributed by atoms with E-state index in [1.807, 2.05) is 30.3 Å². The van der Waals surface area contributed by atoms with Crippen molar-refractivity contribution >= 4 is 32.6 Å². The summed E-state index contributed by atoms with van der Waals surface area (Å²) >= 11 is 3.32. The van der Waals surface area contributed by atoms with Crippen LogP contribution < -0.4 is 0 Å². The van der Waals surface area contributed by atoms with Gasteiger partial charge in [-0.05, 0) is 18.6 Å². The number of carbonyl (C=O) groups excluding carboxylic acids is 1. The van der Waals surface area contributed by atoms with E-state index in [4.69, 9.17) is 0 Å². The number of benzene rings is 1. The molecule has 2 rings (SSSR count). The Morgan fingerprint density at radius 2 is 2.13 bits per heavy atom. The summed E-state index contributed by atoms with van der Waals surface area (Å²) in [5, 5.41) is 1.97. The van der Waals surface area contributed by atoms with Gasteiger partial charge in [-0.2, -0.15) is 0 Å². The largest absolute Gasteiger partial charge is 0.352 e. The maximum Gasteiger partial charge on any atom is 0.179 e. The monoisotopic (exact) mass is 265 g/mol. The van der Waals surface area contributed by atoms with Gasteiger partial charge in [-0.3, -0.25) is 4.79 Å². The molecule has 1 aromatic heterocycles. The zero-order chi connectivity index (χ0) is 10.7. The molecule has 0 saturated carbocycles. The molecule has 0 spiro atoms. The number of rotatable bonds is 4. The van der Waals surface area contributed by atoms with E-state index in [0.29, 0.717) is 6.42 Å². The maximum atomic E-state index is 11.7. The van der Waals surface area contributed by atoms with Crippen molar-refractivity contribution in [1.29, 1.82) is 0 Å². The molecule has 3 heteroatoms. The maximum absolute atomic E-state index is 11.7. The van der Waals surface area contributed by atoms with E-state index in [9.17, 15) is 4.79 Å². The Balaban J connectivity index is 2.25. The number of ketones is 1. The fourth-order valence-electron chi connectivity index (χ4n) is 1.59. The van der Waals surface area contributed by atoms with E-state index in [-0.39, 0.29) is 5.78 Å². The number of para-hydroxylation sites is 1. The van der Waals surface area contributed by atoms with E-state index in [0.717, 1.165) is 28.3 Å². The van der Waals surface area contributed by atoms with Gasteiger partial charge in [0.15, 0.2) is 5.78 Å². The van der Waals surface area contributed by atoms with E-state index in [2.05, 4.69) is 20.9 Å². The molecule has 1 aromatic carbocycles. The summed E-state index contributed by atoms with van der Waals surface area (Å²) < 4.78 is 0. The first kappa shape index (κ1) is 10.4. The smallest absolute Gasteiger partial charge is 0.179 e. The second-order valence-electron chi connectivity index (χ2n) is 3.49. The molecule has 0 aliphatic rings. The van der Waals surface area contributed by atoms with Crippen LogP contribution in [0.25, 0.3) is 10.9 Å². The molecular formula is C12H12BrNO. The van der Waals surface area contributed by atoms with Crippen LogP contribution in [0.3, 0.4) is 0 Å². The van der Waals surface area contributed by atoms with E-state index in [1.165, 1.54) is 0 Å². The average molecular weight is 266 g/mol. The predicted molar refractivity (Wildman–Crippen MR) is 65.7 cm³/mol. The Bertz CT molecular complexity index is 442. The van der Waals surface area contributed by atoms with Crippen molar-refractivity contribution in [2.75, 3.05) is 5.33 Å². The van der Waals surface area contributed by atoms with Crippen LogP contribution in [0.5, 0.6) is 0 Å². The Kier molecular flexibility index (Phi) is 3.21. The topological polar surface area (TPSA) is 32.9 Å². The quantitative estimate of drug-likeness (QED) is 0.666. The van der Waals surface area contributed by atoms with Gasteiger partial charge in [0.2, 0.25) is 0 Å². The number of hydrogen-bond donors (Lipinski definition) is 1. The summed E-state index contributed by atoms with van der Waals surface area (Å²) in [4.78, 5) is 14.9. The molecule has 0 amide bonds. The fourth-order valence-corrected chi connectivity index (χ4v) is 1.87. The lowest BCUT2D eigenvalue weighted by atomic mass is 10.2. The van der Waals surface area contributed by atoms with E-state index in [1.54, 1.807) is 0 Å². The first-order valence-electron chi connectivity index (χ1n) is 4.98. The number of aromatic nitrogens is 1. The minimum absolute atomic E-state index is 0.186. The molecule has 0 saturated heterocycles. The molecule has 0 bridgehead atoms. The summed E-state index contributed by atoms with van der Waals surface area (Å²) in [7, 11) is 0. The Labute approximate surface area is 96.8 Å². The molecule has 15 heavy (non-hydrogen) atoms. The molecule has 0 fully saturated rings. The number of H-pyrrole nitrogens is 1. The lowest BCUT2D eigenvalue weighted by Gasteiger charge is -1.94. The standard InChI is InChI=1S/C12H12BrNO/c13-7-3-6-12(15)11-8-9-4-1-2-5-10(9)14-11/h1-2,4-5,8,14H,3,6-7H2. The van der Waals surface area contributed by atoms with Gasteiger partial charge in [-0.15, -0.1) is 0 Å². The Morgan fingerprint density at radius 1 is 1.33 bits per heavy atom. The highest BCUT2D eigenvalue weighted by Crippen LogP contribution is 2.16. The first-order chi connectivity index (χ1) is 7.31. The van der Waals surface area contributed by atoms with Gasteiger partial charge >= 0.3 is 0 Å². The summed E-state index contributed by atoms with van der Waals surface area (Å²) in [6.07, 6.45) is 1.48. The Morgan fingerprint density at radius 3 is 2.87 bits per heavy atom. The van der Waals surface area contributed by atoms with Crippen molar-refractivity contribution in [2.45, 2.75) is 12.8 Å². The number of hydrogen-bond acceptors (Lipinski definition) is 1. The highest BCUT2D eigenvalue weighted by molar-refractivity contribution is 9.09. The number of halogens is 1. The minimum Gasteiger partial charge on any atom is -0.352 e. The number of nitrogens with one attached hydrogen (secondary N) is 1.